The Balaban J connectivity index is 1.98. The molecule has 100 valence electrons. The third-order valence-corrected chi connectivity index (χ3v) is 2.46. The molecule has 0 atom stereocenters. The summed E-state index contributed by atoms with van der Waals surface area (Å²) in [5.74, 6) is 0.612. The predicted molar refractivity (Wildman–Crippen MR) is 71.7 cm³/mol. The van der Waals surface area contributed by atoms with E-state index in [0.717, 1.165) is 5.56 Å². The van der Waals surface area contributed by atoms with E-state index in [9.17, 15) is 4.79 Å². The molecule has 0 aliphatic rings. The number of rotatable bonds is 3. The molecule has 0 aliphatic heterocycles. The van der Waals surface area contributed by atoms with Gasteiger partial charge in [0.1, 0.15) is 24.1 Å². The summed E-state index contributed by atoms with van der Waals surface area (Å²) in [6, 6.07) is 11.2. The lowest BCUT2D eigenvalue weighted by Crippen LogP contribution is -2.16. The highest BCUT2D eigenvalue weighted by Crippen LogP contribution is 2.11. The van der Waals surface area contributed by atoms with E-state index in [1.54, 1.807) is 6.92 Å². The molecule has 1 amide bonds. The Labute approximate surface area is 116 Å². The Morgan fingerprint density at radius 2 is 2.15 bits per heavy atom. The van der Waals surface area contributed by atoms with E-state index in [4.69, 9.17) is 10.00 Å². The van der Waals surface area contributed by atoms with Crippen molar-refractivity contribution in [3.8, 4) is 6.07 Å². The van der Waals surface area contributed by atoms with Gasteiger partial charge in [-0.05, 0) is 12.5 Å². The van der Waals surface area contributed by atoms with Crippen molar-refractivity contribution in [1.29, 1.82) is 5.26 Å². The average molecular weight is 268 g/mol. The molecule has 0 saturated heterocycles. The van der Waals surface area contributed by atoms with Crippen LogP contribution in [0.1, 0.15) is 17.0 Å². The van der Waals surface area contributed by atoms with Gasteiger partial charge in [-0.1, -0.05) is 30.3 Å². The number of carbonyl (C=O) groups is 1. The lowest BCUT2D eigenvalue weighted by atomic mass is 10.2. The lowest BCUT2D eigenvalue weighted by molar-refractivity contribution is 0.155. The van der Waals surface area contributed by atoms with Crippen LogP contribution in [0, 0.1) is 18.3 Å². The lowest BCUT2D eigenvalue weighted by Gasteiger charge is -2.07. The zero-order valence-electron chi connectivity index (χ0n) is 10.8. The van der Waals surface area contributed by atoms with E-state index in [2.05, 4.69) is 15.3 Å². The van der Waals surface area contributed by atoms with Gasteiger partial charge in [-0.3, -0.25) is 5.32 Å². The number of nitrogens with one attached hydrogen (secondary N) is 1. The van der Waals surface area contributed by atoms with Gasteiger partial charge in [0.05, 0.1) is 6.20 Å². The second kappa shape index (κ2) is 6.29. The minimum Gasteiger partial charge on any atom is -0.444 e. The van der Waals surface area contributed by atoms with Gasteiger partial charge in [-0.25, -0.2) is 14.8 Å². The van der Waals surface area contributed by atoms with Crippen LogP contribution in [0.2, 0.25) is 0 Å². The first-order chi connectivity index (χ1) is 9.69. The van der Waals surface area contributed by atoms with E-state index in [1.165, 1.54) is 6.20 Å². The number of hydrogen-bond acceptors (Lipinski definition) is 5. The second-order valence-corrected chi connectivity index (χ2v) is 3.98. The number of carbonyl (C=O) groups excluding carboxylic acids is 1. The number of nitrogens with zero attached hydrogens (tertiary/aromatic N) is 3. The number of nitriles is 1. The van der Waals surface area contributed by atoms with Crippen molar-refractivity contribution in [1.82, 2.24) is 9.97 Å². The van der Waals surface area contributed by atoms with Crippen LogP contribution in [0.3, 0.4) is 0 Å². The molecule has 1 aromatic carbocycles. The van der Waals surface area contributed by atoms with Crippen LogP contribution in [0.4, 0.5) is 10.6 Å². The van der Waals surface area contributed by atoms with Crippen molar-refractivity contribution in [3.63, 3.8) is 0 Å². The van der Waals surface area contributed by atoms with Crippen LogP contribution in [-0.2, 0) is 11.3 Å². The summed E-state index contributed by atoms with van der Waals surface area (Å²) >= 11 is 0. The number of amides is 1. The number of aromatic nitrogens is 2. The molecule has 2 rings (SSSR count). The van der Waals surface area contributed by atoms with Crippen molar-refractivity contribution < 1.29 is 9.53 Å². The Morgan fingerprint density at radius 3 is 2.85 bits per heavy atom. The molecule has 6 nitrogen and oxygen atoms in total. The quantitative estimate of drug-likeness (QED) is 0.923. The zero-order valence-corrected chi connectivity index (χ0v) is 10.8. The smallest absolute Gasteiger partial charge is 0.413 e. The molecule has 0 saturated carbocycles. The fourth-order valence-electron chi connectivity index (χ4n) is 1.50. The molecule has 0 bridgehead atoms. The highest BCUT2D eigenvalue weighted by molar-refractivity contribution is 5.84. The molecule has 1 N–H and O–H groups in total. The SMILES string of the molecule is Cc1ncc(C#N)c(NC(=O)OCc2ccccc2)n1. The Hall–Kier alpha value is -2.94. The van der Waals surface area contributed by atoms with Crippen LogP contribution in [0.5, 0.6) is 0 Å². The van der Waals surface area contributed by atoms with Gasteiger partial charge in [0.25, 0.3) is 0 Å². The van der Waals surface area contributed by atoms with Crippen molar-refractivity contribution in [2.24, 2.45) is 0 Å². The highest BCUT2D eigenvalue weighted by atomic mass is 16.5. The number of hydrogen-bond donors (Lipinski definition) is 1. The normalized spacial score (nSPS) is 9.60. The number of ether oxygens (including phenoxy) is 1. The molecule has 20 heavy (non-hydrogen) atoms. The highest BCUT2D eigenvalue weighted by Gasteiger charge is 2.10. The molecule has 2 aromatic rings. The van der Waals surface area contributed by atoms with Gasteiger partial charge in [-0.15, -0.1) is 0 Å². The second-order valence-electron chi connectivity index (χ2n) is 3.98. The summed E-state index contributed by atoms with van der Waals surface area (Å²) in [4.78, 5) is 19.5. The largest absolute Gasteiger partial charge is 0.444 e. The first-order valence-corrected chi connectivity index (χ1v) is 5.90. The fraction of sp³-hybridized carbons (Fsp3) is 0.143. The van der Waals surface area contributed by atoms with E-state index in [0.29, 0.717) is 5.82 Å². The van der Waals surface area contributed by atoms with E-state index < -0.39 is 6.09 Å². The average Bonchev–Trinajstić information content (AvgIpc) is 2.46. The molecule has 6 heteroatoms. The maximum absolute atomic E-state index is 11.7. The fourth-order valence-corrected chi connectivity index (χ4v) is 1.50. The van der Waals surface area contributed by atoms with Crippen LogP contribution in [0.25, 0.3) is 0 Å². The summed E-state index contributed by atoms with van der Waals surface area (Å²) in [5, 5.41) is 11.3. The molecule has 0 spiro atoms. The first-order valence-electron chi connectivity index (χ1n) is 5.90. The standard InChI is InChI=1S/C14H12N4O2/c1-10-16-8-12(7-15)13(17-10)18-14(19)20-9-11-5-3-2-4-6-11/h2-6,8H,9H2,1H3,(H,16,17,18,19). The minimum absolute atomic E-state index is 0.151. The monoisotopic (exact) mass is 268 g/mol. The number of aryl methyl sites for hydroxylation is 1. The first kappa shape index (κ1) is 13.5. The van der Waals surface area contributed by atoms with Gasteiger partial charge < -0.3 is 4.74 Å². The third-order valence-electron chi connectivity index (χ3n) is 2.46. The van der Waals surface area contributed by atoms with Crippen LogP contribution in [-0.4, -0.2) is 16.1 Å². The molecular formula is C14H12N4O2. The van der Waals surface area contributed by atoms with Gasteiger partial charge >= 0.3 is 6.09 Å². The predicted octanol–water partition coefficient (Wildman–Crippen LogP) is 2.41. The minimum atomic E-state index is -0.663. The van der Waals surface area contributed by atoms with Gasteiger partial charge in [0.15, 0.2) is 5.82 Å². The van der Waals surface area contributed by atoms with Crippen LogP contribution >= 0.6 is 0 Å². The van der Waals surface area contributed by atoms with E-state index >= 15 is 0 Å². The maximum Gasteiger partial charge on any atom is 0.413 e. The Morgan fingerprint density at radius 1 is 1.40 bits per heavy atom. The maximum atomic E-state index is 11.7. The molecule has 0 unspecified atom stereocenters. The van der Waals surface area contributed by atoms with Gasteiger partial charge in [0, 0.05) is 0 Å². The Bertz CT molecular complexity index is 650. The Kier molecular flexibility index (Phi) is 4.24. The van der Waals surface area contributed by atoms with Gasteiger partial charge in [-0.2, -0.15) is 5.26 Å². The van der Waals surface area contributed by atoms with Crippen LogP contribution < -0.4 is 5.32 Å². The van der Waals surface area contributed by atoms with E-state index in [1.807, 2.05) is 36.4 Å². The molecule has 1 aromatic heterocycles. The topological polar surface area (TPSA) is 87.9 Å². The van der Waals surface area contributed by atoms with E-state index in [-0.39, 0.29) is 18.0 Å². The van der Waals surface area contributed by atoms with Gasteiger partial charge in [0.2, 0.25) is 0 Å². The van der Waals surface area contributed by atoms with Crippen molar-refractivity contribution in [2.45, 2.75) is 13.5 Å². The number of benzene rings is 1. The van der Waals surface area contributed by atoms with Crippen molar-refractivity contribution >= 4 is 11.9 Å². The summed E-state index contributed by atoms with van der Waals surface area (Å²) < 4.78 is 5.05. The summed E-state index contributed by atoms with van der Waals surface area (Å²) in [7, 11) is 0. The summed E-state index contributed by atoms with van der Waals surface area (Å²) in [5.41, 5.74) is 1.06. The molecular weight excluding hydrogens is 256 g/mol. The molecule has 1 heterocycles. The van der Waals surface area contributed by atoms with Crippen molar-refractivity contribution in [2.75, 3.05) is 5.32 Å². The third kappa shape index (κ3) is 3.53. The summed E-state index contributed by atoms with van der Waals surface area (Å²) in [6.07, 6.45) is 0.693. The van der Waals surface area contributed by atoms with Crippen molar-refractivity contribution in [3.05, 3.63) is 53.5 Å². The molecule has 0 aliphatic carbocycles. The number of anilines is 1. The van der Waals surface area contributed by atoms with Crippen LogP contribution in [0.15, 0.2) is 36.5 Å². The molecule has 0 radical (unpaired) electrons. The summed E-state index contributed by atoms with van der Waals surface area (Å²) in [6.45, 7) is 1.82. The molecule has 0 fully saturated rings. The zero-order chi connectivity index (χ0) is 14.4.